The van der Waals surface area contributed by atoms with Gasteiger partial charge < -0.3 is 28.9 Å². The van der Waals surface area contributed by atoms with E-state index in [1.54, 1.807) is 0 Å². The summed E-state index contributed by atoms with van der Waals surface area (Å²) in [5.41, 5.74) is 0. The van der Waals surface area contributed by atoms with Gasteiger partial charge in [0.15, 0.2) is 0 Å². The molecule has 3 N–H and O–H groups in total. The van der Waals surface area contributed by atoms with Crippen LogP contribution in [0.15, 0.2) is 37.2 Å². The smallest absolute Gasteiger partial charge is 0.456 e. The number of aromatic amines is 3. The Hall–Kier alpha value is -3.90. The van der Waals surface area contributed by atoms with E-state index in [9.17, 15) is 14.4 Å². The Kier molecular flexibility index (Phi) is 4.55. The molecule has 3 aromatic heterocycles. The Morgan fingerprint density at radius 1 is 0.680 bits per heavy atom. The molecule has 3 heterocycles. The van der Waals surface area contributed by atoms with Gasteiger partial charge in [0.25, 0.3) is 0 Å². The fourth-order valence-corrected chi connectivity index (χ4v) is 1.63. The van der Waals surface area contributed by atoms with E-state index in [1.807, 2.05) is 0 Å². The second kappa shape index (κ2) is 7.12. The van der Waals surface area contributed by atoms with Crippen LogP contribution in [0, 0.1) is 0 Å². The van der Waals surface area contributed by atoms with Crippen LogP contribution < -0.4 is 0 Å². The van der Waals surface area contributed by atoms with Crippen LogP contribution in [-0.4, -0.2) is 55.1 Å². The monoisotopic (exact) mass is 344 g/mol. The Morgan fingerprint density at radius 3 is 1.24 bits per heavy atom. The van der Waals surface area contributed by atoms with Gasteiger partial charge in [-0.15, -0.1) is 0 Å². The van der Waals surface area contributed by atoms with E-state index < -0.39 is 25.2 Å². The van der Waals surface area contributed by atoms with E-state index in [0.717, 1.165) is 0 Å². The first-order chi connectivity index (χ1) is 12.1. The third-order valence-electron chi connectivity index (χ3n) is 2.68. The normalized spacial score (nSPS) is 10.1. The zero-order valence-corrected chi connectivity index (χ0v) is 12.3. The molecule has 0 spiro atoms. The maximum absolute atomic E-state index is 11.9. The van der Waals surface area contributed by atoms with E-state index in [0.29, 0.717) is 0 Å². The van der Waals surface area contributed by atoms with Crippen molar-refractivity contribution in [1.29, 1.82) is 0 Å². The standard InChI is InChI=1S/C12H9BN6O6/c20-10(7-14-1-2-15-7)23-13(24-11(21)8-16-3-4-17-8)25-12(22)9-18-5-6-19-9/h1-6H,(H,14,15)(H,16,17)(H,18,19). The molecule has 12 nitrogen and oxygen atoms in total. The maximum Gasteiger partial charge on any atom is 0.871 e. The minimum Gasteiger partial charge on any atom is -0.456 e. The van der Waals surface area contributed by atoms with Crippen molar-refractivity contribution in [3.8, 4) is 0 Å². The van der Waals surface area contributed by atoms with Gasteiger partial charge in [0, 0.05) is 37.2 Å². The maximum atomic E-state index is 11.9. The van der Waals surface area contributed by atoms with Gasteiger partial charge in [-0.1, -0.05) is 0 Å². The van der Waals surface area contributed by atoms with Gasteiger partial charge in [0.2, 0.25) is 17.5 Å². The lowest BCUT2D eigenvalue weighted by Gasteiger charge is -2.11. The fourth-order valence-electron chi connectivity index (χ4n) is 1.63. The summed E-state index contributed by atoms with van der Waals surface area (Å²) < 4.78 is 14.5. The second-order valence-corrected chi connectivity index (χ2v) is 4.32. The number of hydrogen-bond acceptors (Lipinski definition) is 9. The topological polar surface area (TPSA) is 165 Å². The first-order valence-corrected chi connectivity index (χ1v) is 6.74. The Bertz CT molecular complexity index is 732. The fraction of sp³-hybridized carbons (Fsp3) is 0. The lowest BCUT2D eigenvalue weighted by atomic mass is 10.2. The van der Waals surface area contributed by atoms with Crippen molar-refractivity contribution in [1.82, 2.24) is 29.9 Å². The van der Waals surface area contributed by atoms with Crippen LogP contribution in [0.4, 0.5) is 0 Å². The zero-order valence-electron chi connectivity index (χ0n) is 12.3. The summed E-state index contributed by atoms with van der Waals surface area (Å²) in [6.45, 7) is 0. The predicted octanol–water partition coefficient (Wildman–Crippen LogP) is -0.288. The largest absolute Gasteiger partial charge is 0.871 e. The van der Waals surface area contributed by atoms with Crippen LogP contribution in [0.2, 0.25) is 0 Å². The molecule has 0 aromatic carbocycles. The first-order valence-electron chi connectivity index (χ1n) is 6.74. The van der Waals surface area contributed by atoms with E-state index >= 15 is 0 Å². The number of aromatic nitrogens is 6. The molecule has 0 saturated heterocycles. The minimum atomic E-state index is -1.98. The summed E-state index contributed by atoms with van der Waals surface area (Å²) in [4.78, 5) is 54.3. The summed E-state index contributed by atoms with van der Waals surface area (Å²) in [5, 5.41) is 0. The third kappa shape index (κ3) is 3.90. The molecule has 0 radical (unpaired) electrons. The summed E-state index contributed by atoms with van der Waals surface area (Å²) in [7, 11) is -1.98. The van der Waals surface area contributed by atoms with Gasteiger partial charge in [-0.3, -0.25) is 0 Å². The molecule has 126 valence electrons. The van der Waals surface area contributed by atoms with E-state index in [2.05, 4.69) is 29.9 Å². The van der Waals surface area contributed by atoms with Gasteiger partial charge >= 0.3 is 25.2 Å². The quantitative estimate of drug-likeness (QED) is 0.509. The van der Waals surface area contributed by atoms with Crippen molar-refractivity contribution in [2.24, 2.45) is 0 Å². The number of nitrogens with zero attached hydrogens (tertiary/aromatic N) is 3. The Balaban J connectivity index is 1.71. The number of carbonyl (C=O) groups excluding carboxylic acids is 3. The summed E-state index contributed by atoms with van der Waals surface area (Å²) in [5.74, 6) is -3.53. The summed E-state index contributed by atoms with van der Waals surface area (Å²) in [6, 6.07) is 0. The van der Waals surface area contributed by atoms with E-state index in [-0.39, 0.29) is 17.5 Å². The lowest BCUT2D eigenvalue weighted by molar-refractivity contribution is 0.0395. The van der Waals surface area contributed by atoms with Crippen molar-refractivity contribution in [2.75, 3.05) is 0 Å². The predicted molar refractivity (Wildman–Crippen MR) is 77.8 cm³/mol. The molecule has 0 aliphatic carbocycles. The van der Waals surface area contributed by atoms with Crippen molar-refractivity contribution in [3.63, 3.8) is 0 Å². The average molecular weight is 344 g/mol. The molecule has 0 aliphatic rings. The molecule has 3 rings (SSSR count). The highest BCUT2D eigenvalue weighted by molar-refractivity contribution is 6.45. The van der Waals surface area contributed by atoms with Gasteiger partial charge in [0.05, 0.1) is 0 Å². The van der Waals surface area contributed by atoms with Crippen molar-refractivity contribution >= 4 is 25.2 Å². The minimum absolute atomic E-state index is 0.173. The molecule has 13 heteroatoms. The van der Waals surface area contributed by atoms with Crippen LogP contribution in [0.1, 0.15) is 31.9 Å². The van der Waals surface area contributed by atoms with Gasteiger partial charge in [-0.05, 0) is 0 Å². The van der Waals surface area contributed by atoms with Gasteiger partial charge in [0.1, 0.15) is 0 Å². The number of hydrogen-bond donors (Lipinski definition) is 3. The Morgan fingerprint density at radius 2 is 1.00 bits per heavy atom. The highest BCUT2D eigenvalue weighted by Gasteiger charge is 2.39. The van der Waals surface area contributed by atoms with Crippen LogP contribution in [0.25, 0.3) is 0 Å². The average Bonchev–Trinajstić information content (AvgIpc) is 3.38. The van der Waals surface area contributed by atoms with Crippen LogP contribution >= 0.6 is 0 Å². The van der Waals surface area contributed by atoms with Crippen molar-refractivity contribution < 1.29 is 28.3 Å². The molecule has 0 unspecified atom stereocenters. The van der Waals surface area contributed by atoms with Crippen molar-refractivity contribution in [3.05, 3.63) is 54.7 Å². The first kappa shape index (κ1) is 16.0. The van der Waals surface area contributed by atoms with Gasteiger partial charge in [-0.25, -0.2) is 29.3 Å². The summed E-state index contributed by atoms with van der Waals surface area (Å²) in [6.07, 6.45) is 8.10. The molecular formula is C12H9BN6O6. The van der Waals surface area contributed by atoms with Crippen LogP contribution in [-0.2, 0) is 14.0 Å². The number of carbonyl (C=O) groups is 3. The molecule has 0 amide bonds. The number of rotatable bonds is 6. The number of H-pyrrole nitrogens is 3. The molecule has 0 bridgehead atoms. The van der Waals surface area contributed by atoms with E-state index in [4.69, 9.17) is 14.0 Å². The zero-order chi connectivity index (χ0) is 17.6. The second-order valence-electron chi connectivity index (χ2n) is 4.32. The van der Waals surface area contributed by atoms with Crippen LogP contribution in [0.5, 0.6) is 0 Å². The molecule has 3 aromatic rings. The summed E-state index contributed by atoms with van der Waals surface area (Å²) >= 11 is 0. The number of imidazole rings is 3. The highest BCUT2D eigenvalue weighted by atomic mass is 16.8. The molecular weight excluding hydrogens is 335 g/mol. The molecule has 0 saturated carbocycles. The molecule has 25 heavy (non-hydrogen) atoms. The van der Waals surface area contributed by atoms with E-state index in [1.165, 1.54) is 37.2 Å². The van der Waals surface area contributed by atoms with Gasteiger partial charge in [-0.2, -0.15) is 0 Å². The molecule has 0 fully saturated rings. The highest BCUT2D eigenvalue weighted by Crippen LogP contribution is 2.05. The molecule has 0 aliphatic heterocycles. The molecule has 0 atom stereocenters. The van der Waals surface area contributed by atoms with Crippen molar-refractivity contribution in [2.45, 2.75) is 0 Å². The SMILES string of the molecule is O=C(OB(OC(=O)c1ncc[nH]1)OC(=O)c1ncc[nH]1)c1ncc[nH]1. The lowest BCUT2D eigenvalue weighted by Crippen LogP contribution is -2.35. The van der Waals surface area contributed by atoms with Crippen LogP contribution in [0.3, 0.4) is 0 Å². The Labute approximate surface area is 139 Å². The third-order valence-corrected chi connectivity index (χ3v) is 2.68. The number of nitrogens with one attached hydrogen (secondary N) is 3.